The van der Waals surface area contributed by atoms with Crippen LogP contribution in [-0.2, 0) is 14.3 Å². The van der Waals surface area contributed by atoms with Gasteiger partial charge in [-0.1, -0.05) is 0 Å². The highest BCUT2D eigenvalue weighted by Gasteiger charge is 2.38. The van der Waals surface area contributed by atoms with Gasteiger partial charge in [0.15, 0.2) is 0 Å². The molecule has 0 radical (unpaired) electrons. The molecule has 3 rings (SSSR count). The molecule has 3 fully saturated rings. The van der Waals surface area contributed by atoms with E-state index < -0.39 is 0 Å². The van der Waals surface area contributed by atoms with Gasteiger partial charge >= 0.3 is 0 Å². The van der Waals surface area contributed by atoms with E-state index in [0.717, 1.165) is 25.9 Å². The van der Waals surface area contributed by atoms with E-state index in [0.29, 0.717) is 38.2 Å². The Labute approximate surface area is 125 Å². The van der Waals surface area contributed by atoms with Crippen LogP contribution in [0, 0.1) is 5.92 Å². The zero-order valence-electron chi connectivity index (χ0n) is 12.7. The van der Waals surface area contributed by atoms with Crippen molar-refractivity contribution in [3.63, 3.8) is 0 Å². The van der Waals surface area contributed by atoms with Crippen LogP contribution >= 0.6 is 0 Å². The van der Waals surface area contributed by atoms with E-state index in [-0.39, 0.29) is 17.7 Å². The molecule has 118 valence electrons. The molecule has 0 aliphatic carbocycles. The highest BCUT2D eigenvalue weighted by Crippen LogP contribution is 2.24. The first kappa shape index (κ1) is 14.8. The van der Waals surface area contributed by atoms with Gasteiger partial charge in [-0.2, -0.15) is 0 Å². The SMILES string of the molecule is COCCN1CC(C(=O)N2CCC3CCC(C2)N3)CC1=O. The van der Waals surface area contributed by atoms with Crippen LogP contribution < -0.4 is 5.32 Å². The van der Waals surface area contributed by atoms with Crippen molar-refractivity contribution >= 4 is 11.8 Å². The lowest BCUT2D eigenvalue weighted by Gasteiger charge is -2.27. The van der Waals surface area contributed by atoms with Crippen molar-refractivity contribution in [2.45, 2.75) is 37.8 Å². The molecule has 0 aromatic carbocycles. The first-order valence-corrected chi connectivity index (χ1v) is 7.99. The highest BCUT2D eigenvalue weighted by molar-refractivity contribution is 5.89. The lowest BCUT2D eigenvalue weighted by molar-refractivity contribution is -0.136. The average Bonchev–Trinajstić information content (AvgIpc) is 2.99. The van der Waals surface area contributed by atoms with E-state index >= 15 is 0 Å². The second kappa shape index (κ2) is 6.32. The summed E-state index contributed by atoms with van der Waals surface area (Å²) in [6.07, 6.45) is 3.80. The van der Waals surface area contributed by atoms with Gasteiger partial charge in [0.25, 0.3) is 0 Å². The third-order valence-electron chi connectivity index (χ3n) is 4.96. The Morgan fingerprint density at radius 2 is 2.10 bits per heavy atom. The summed E-state index contributed by atoms with van der Waals surface area (Å²) in [5.74, 6) is 0.0865. The van der Waals surface area contributed by atoms with E-state index in [9.17, 15) is 9.59 Å². The van der Waals surface area contributed by atoms with Gasteiger partial charge in [0.05, 0.1) is 12.5 Å². The molecule has 3 unspecified atom stereocenters. The third-order valence-corrected chi connectivity index (χ3v) is 4.96. The van der Waals surface area contributed by atoms with Crippen LogP contribution in [0.25, 0.3) is 0 Å². The predicted molar refractivity (Wildman–Crippen MR) is 77.7 cm³/mol. The Balaban J connectivity index is 1.57. The molecular formula is C15H25N3O3. The number of nitrogens with zero attached hydrogens (tertiary/aromatic N) is 2. The number of likely N-dealkylation sites (tertiary alicyclic amines) is 2. The van der Waals surface area contributed by atoms with Crippen LogP contribution in [0.3, 0.4) is 0 Å². The fourth-order valence-electron chi connectivity index (χ4n) is 3.76. The summed E-state index contributed by atoms with van der Waals surface area (Å²) in [7, 11) is 1.63. The molecule has 21 heavy (non-hydrogen) atoms. The minimum atomic E-state index is -0.161. The number of methoxy groups -OCH3 is 1. The van der Waals surface area contributed by atoms with E-state index in [2.05, 4.69) is 5.32 Å². The fraction of sp³-hybridized carbons (Fsp3) is 0.867. The molecule has 3 aliphatic rings. The topological polar surface area (TPSA) is 61.9 Å². The Kier molecular flexibility index (Phi) is 4.45. The van der Waals surface area contributed by atoms with Crippen LogP contribution in [0.4, 0.5) is 0 Å². The smallest absolute Gasteiger partial charge is 0.228 e. The standard InChI is InChI=1S/C15H25N3O3/c1-21-7-6-17-9-11(8-14(17)19)15(20)18-5-4-12-2-3-13(10-18)16-12/h11-13,16H,2-10H2,1H3. The van der Waals surface area contributed by atoms with Crippen LogP contribution in [0.1, 0.15) is 25.7 Å². The molecule has 1 N–H and O–H groups in total. The number of hydrogen-bond donors (Lipinski definition) is 1. The molecule has 3 heterocycles. The highest BCUT2D eigenvalue weighted by atomic mass is 16.5. The fourth-order valence-corrected chi connectivity index (χ4v) is 3.76. The minimum absolute atomic E-state index is 0.0832. The number of carbonyl (C=O) groups is 2. The van der Waals surface area contributed by atoms with Crippen LogP contribution in [0.2, 0.25) is 0 Å². The molecule has 0 aromatic heterocycles. The molecular weight excluding hydrogens is 270 g/mol. The summed E-state index contributed by atoms with van der Waals surface area (Å²) in [5.41, 5.74) is 0. The molecule has 3 saturated heterocycles. The number of nitrogens with one attached hydrogen (secondary N) is 1. The summed E-state index contributed by atoms with van der Waals surface area (Å²) in [6, 6.07) is 1.03. The van der Waals surface area contributed by atoms with Gasteiger partial charge in [0, 0.05) is 51.8 Å². The normalized spacial score (nSPS) is 32.6. The van der Waals surface area contributed by atoms with Crippen molar-refractivity contribution < 1.29 is 14.3 Å². The molecule has 2 amide bonds. The van der Waals surface area contributed by atoms with Gasteiger partial charge in [-0.25, -0.2) is 0 Å². The first-order chi connectivity index (χ1) is 10.2. The molecule has 0 spiro atoms. The van der Waals surface area contributed by atoms with Gasteiger partial charge < -0.3 is 19.9 Å². The molecule has 6 nitrogen and oxygen atoms in total. The van der Waals surface area contributed by atoms with Crippen molar-refractivity contribution in [1.29, 1.82) is 0 Å². The van der Waals surface area contributed by atoms with Gasteiger partial charge in [0.1, 0.15) is 0 Å². The van der Waals surface area contributed by atoms with Crippen molar-refractivity contribution in [2.75, 3.05) is 39.9 Å². The van der Waals surface area contributed by atoms with Gasteiger partial charge in [-0.3, -0.25) is 9.59 Å². The van der Waals surface area contributed by atoms with Crippen LogP contribution in [0.5, 0.6) is 0 Å². The second-order valence-corrected chi connectivity index (χ2v) is 6.44. The van der Waals surface area contributed by atoms with Gasteiger partial charge in [-0.05, 0) is 19.3 Å². The Morgan fingerprint density at radius 1 is 1.29 bits per heavy atom. The Morgan fingerprint density at radius 3 is 2.90 bits per heavy atom. The summed E-state index contributed by atoms with van der Waals surface area (Å²) in [5, 5.41) is 3.59. The zero-order chi connectivity index (χ0) is 14.8. The maximum atomic E-state index is 12.7. The number of fused-ring (bicyclic) bond motifs is 2. The van der Waals surface area contributed by atoms with Gasteiger partial charge in [-0.15, -0.1) is 0 Å². The number of rotatable bonds is 4. The first-order valence-electron chi connectivity index (χ1n) is 7.99. The zero-order valence-corrected chi connectivity index (χ0v) is 12.7. The van der Waals surface area contributed by atoms with E-state index in [1.54, 1.807) is 12.0 Å². The predicted octanol–water partition coefficient (Wildman–Crippen LogP) is -0.166. The molecule has 0 saturated carbocycles. The molecule has 2 bridgehead atoms. The summed E-state index contributed by atoms with van der Waals surface area (Å²) < 4.78 is 5.02. The third kappa shape index (κ3) is 3.21. The Bertz CT molecular complexity index is 415. The monoisotopic (exact) mass is 295 g/mol. The second-order valence-electron chi connectivity index (χ2n) is 6.44. The largest absolute Gasteiger partial charge is 0.383 e. The molecule has 0 aromatic rings. The van der Waals surface area contributed by atoms with Crippen molar-refractivity contribution in [1.82, 2.24) is 15.1 Å². The number of hydrogen-bond acceptors (Lipinski definition) is 4. The minimum Gasteiger partial charge on any atom is -0.383 e. The summed E-state index contributed by atoms with van der Waals surface area (Å²) in [4.78, 5) is 28.4. The maximum Gasteiger partial charge on any atom is 0.228 e. The molecule has 3 aliphatic heterocycles. The average molecular weight is 295 g/mol. The van der Waals surface area contributed by atoms with Crippen LogP contribution in [-0.4, -0.2) is 73.6 Å². The number of ether oxygens (including phenoxy) is 1. The van der Waals surface area contributed by atoms with Crippen molar-refractivity contribution in [2.24, 2.45) is 5.92 Å². The Hall–Kier alpha value is -1.14. The van der Waals surface area contributed by atoms with Crippen LogP contribution in [0.15, 0.2) is 0 Å². The van der Waals surface area contributed by atoms with Crippen molar-refractivity contribution in [3.05, 3.63) is 0 Å². The number of amides is 2. The van der Waals surface area contributed by atoms with E-state index in [1.807, 2.05) is 4.90 Å². The molecule has 6 heteroatoms. The quantitative estimate of drug-likeness (QED) is 0.782. The lowest BCUT2D eigenvalue weighted by atomic mass is 10.0. The summed E-state index contributed by atoms with van der Waals surface area (Å²) >= 11 is 0. The van der Waals surface area contributed by atoms with E-state index in [4.69, 9.17) is 4.74 Å². The van der Waals surface area contributed by atoms with E-state index in [1.165, 1.54) is 6.42 Å². The maximum absolute atomic E-state index is 12.7. The summed E-state index contributed by atoms with van der Waals surface area (Å²) in [6.45, 7) is 3.31. The molecule has 3 atom stereocenters. The van der Waals surface area contributed by atoms with Crippen molar-refractivity contribution in [3.8, 4) is 0 Å². The number of carbonyl (C=O) groups excluding carboxylic acids is 2. The lowest BCUT2D eigenvalue weighted by Crippen LogP contribution is -2.42. The van der Waals surface area contributed by atoms with Gasteiger partial charge in [0.2, 0.25) is 11.8 Å².